The molecule has 1 heterocycles. The maximum Gasteiger partial charge on any atom is 0.0698 e. The van der Waals surface area contributed by atoms with Gasteiger partial charge in [-0.3, -0.25) is 4.90 Å². The molecule has 0 amide bonds. The van der Waals surface area contributed by atoms with Crippen LogP contribution in [0.5, 0.6) is 0 Å². The number of nitrogens with zero attached hydrogens (tertiary/aromatic N) is 1. The SMILES string of the molecule is C[C@H](c1ccccc1)N1CC[C@@H]2CC[C@@H](O)[C@@H]21. The standard InChI is InChI=1S/C15H21NO/c1-11(12-5-3-2-4-6-12)16-10-9-13-7-8-14(17)15(13)16/h2-6,11,13-15,17H,7-10H2,1H3/t11-,13+,14-,15-/m1/s1. The second-order valence-corrected chi connectivity index (χ2v) is 5.51. The van der Waals surface area contributed by atoms with E-state index in [1.54, 1.807) is 0 Å². The third kappa shape index (κ3) is 1.90. The van der Waals surface area contributed by atoms with Crippen LogP contribution in [-0.4, -0.2) is 28.7 Å². The third-order valence-corrected chi connectivity index (χ3v) is 4.63. The number of benzene rings is 1. The number of likely N-dealkylation sites (tertiary alicyclic amines) is 1. The van der Waals surface area contributed by atoms with Crippen molar-refractivity contribution in [1.82, 2.24) is 4.90 Å². The number of aliphatic hydroxyl groups excluding tert-OH is 1. The number of hydrogen-bond donors (Lipinski definition) is 1. The van der Waals surface area contributed by atoms with Crippen LogP contribution in [0.4, 0.5) is 0 Å². The summed E-state index contributed by atoms with van der Waals surface area (Å²) in [6.45, 7) is 3.41. The van der Waals surface area contributed by atoms with E-state index in [-0.39, 0.29) is 6.10 Å². The minimum absolute atomic E-state index is 0.103. The number of aliphatic hydroxyl groups is 1. The summed E-state index contributed by atoms with van der Waals surface area (Å²) < 4.78 is 0. The van der Waals surface area contributed by atoms with Gasteiger partial charge in [0.2, 0.25) is 0 Å². The summed E-state index contributed by atoms with van der Waals surface area (Å²) in [5, 5.41) is 10.1. The Morgan fingerprint density at radius 2 is 1.94 bits per heavy atom. The molecule has 2 aliphatic rings. The molecule has 0 spiro atoms. The molecule has 3 rings (SSSR count). The fourth-order valence-corrected chi connectivity index (χ4v) is 3.69. The van der Waals surface area contributed by atoms with Crippen LogP contribution in [0.3, 0.4) is 0 Å². The summed E-state index contributed by atoms with van der Waals surface area (Å²) in [4.78, 5) is 2.51. The summed E-state index contributed by atoms with van der Waals surface area (Å²) in [6, 6.07) is 11.5. The van der Waals surface area contributed by atoms with Crippen LogP contribution < -0.4 is 0 Å². The number of rotatable bonds is 2. The van der Waals surface area contributed by atoms with E-state index in [1.807, 2.05) is 0 Å². The monoisotopic (exact) mass is 231 g/mol. The van der Waals surface area contributed by atoms with Crippen LogP contribution in [0, 0.1) is 5.92 Å². The number of hydrogen-bond acceptors (Lipinski definition) is 2. The quantitative estimate of drug-likeness (QED) is 0.845. The predicted octanol–water partition coefficient (Wildman–Crippen LogP) is 2.59. The topological polar surface area (TPSA) is 23.5 Å². The molecule has 1 N–H and O–H groups in total. The maximum atomic E-state index is 10.1. The lowest BCUT2D eigenvalue weighted by atomic mass is 10.0. The summed E-state index contributed by atoms with van der Waals surface area (Å²) in [7, 11) is 0. The van der Waals surface area contributed by atoms with Gasteiger partial charge in [0.15, 0.2) is 0 Å². The minimum Gasteiger partial charge on any atom is -0.391 e. The van der Waals surface area contributed by atoms with Crippen LogP contribution in [0.25, 0.3) is 0 Å². The van der Waals surface area contributed by atoms with Gasteiger partial charge < -0.3 is 5.11 Å². The second kappa shape index (κ2) is 4.43. The average Bonchev–Trinajstić information content (AvgIpc) is 2.93. The van der Waals surface area contributed by atoms with Crippen molar-refractivity contribution in [3.63, 3.8) is 0 Å². The molecule has 2 nitrogen and oxygen atoms in total. The largest absolute Gasteiger partial charge is 0.391 e. The molecule has 1 aromatic carbocycles. The van der Waals surface area contributed by atoms with Crippen molar-refractivity contribution >= 4 is 0 Å². The highest BCUT2D eigenvalue weighted by molar-refractivity contribution is 5.19. The lowest BCUT2D eigenvalue weighted by Gasteiger charge is -2.32. The maximum absolute atomic E-state index is 10.1. The molecule has 92 valence electrons. The van der Waals surface area contributed by atoms with Crippen molar-refractivity contribution in [1.29, 1.82) is 0 Å². The molecular weight excluding hydrogens is 210 g/mol. The number of fused-ring (bicyclic) bond motifs is 1. The Hall–Kier alpha value is -0.860. The Bertz CT molecular complexity index is 378. The normalized spacial score (nSPS) is 34.8. The van der Waals surface area contributed by atoms with Crippen molar-refractivity contribution < 1.29 is 5.11 Å². The van der Waals surface area contributed by atoms with Gasteiger partial charge >= 0.3 is 0 Å². The van der Waals surface area contributed by atoms with Crippen molar-refractivity contribution in [3.8, 4) is 0 Å². The van der Waals surface area contributed by atoms with Crippen molar-refractivity contribution in [3.05, 3.63) is 35.9 Å². The molecule has 17 heavy (non-hydrogen) atoms. The molecule has 0 bridgehead atoms. The first-order valence-corrected chi connectivity index (χ1v) is 6.76. The highest BCUT2D eigenvalue weighted by Crippen LogP contribution is 2.41. The van der Waals surface area contributed by atoms with E-state index in [9.17, 15) is 5.11 Å². The van der Waals surface area contributed by atoms with Gasteiger partial charge in [0.25, 0.3) is 0 Å². The predicted molar refractivity (Wildman–Crippen MR) is 68.7 cm³/mol. The summed E-state index contributed by atoms with van der Waals surface area (Å²) in [5.74, 6) is 0.733. The molecular formula is C15H21NO. The lowest BCUT2D eigenvalue weighted by Crippen LogP contribution is -2.39. The van der Waals surface area contributed by atoms with Gasteiger partial charge in [-0.1, -0.05) is 30.3 Å². The molecule has 1 saturated carbocycles. The van der Waals surface area contributed by atoms with E-state index in [4.69, 9.17) is 0 Å². The Morgan fingerprint density at radius 3 is 2.71 bits per heavy atom. The van der Waals surface area contributed by atoms with Gasteiger partial charge in [-0.05, 0) is 44.2 Å². The highest BCUT2D eigenvalue weighted by atomic mass is 16.3. The molecule has 1 aromatic rings. The van der Waals surface area contributed by atoms with Crippen LogP contribution in [-0.2, 0) is 0 Å². The van der Waals surface area contributed by atoms with Crippen LogP contribution in [0.15, 0.2) is 30.3 Å². The zero-order valence-corrected chi connectivity index (χ0v) is 10.4. The average molecular weight is 231 g/mol. The van der Waals surface area contributed by atoms with Gasteiger partial charge in [-0.25, -0.2) is 0 Å². The first kappa shape index (κ1) is 11.2. The zero-order chi connectivity index (χ0) is 11.8. The van der Waals surface area contributed by atoms with Crippen molar-refractivity contribution in [2.45, 2.75) is 44.4 Å². The molecule has 0 aromatic heterocycles. The molecule has 1 aliphatic heterocycles. The molecule has 2 fully saturated rings. The van der Waals surface area contributed by atoms with Crippen LogP contribution >= 0.6 is 0 Å². The van der Waals surface area contributed by atoms with E-state index in [2.05, 4.69) is 42.2 Å². The first-order valence-electron chi connectivity index (χ1n) is 6.76. The molecule has 1 aliphatic carbocycles. The summed E-state index contributed by atoms with van der Waals surface area (Å²) in [6.07, 6.45) is 3.37. The Labute approximate surface area is 103 Å². The molecule has 1 saturated heterocycles. The zero-order valence-electron chi connectivity index (χ0n) is 10.4. The molecule has 0 unspecified atom stereocenters. The van der Waals surface area contributed by atoms with Gasteiger partial charge in [0, 0.05) is 12.1 Å². The Balaban J connectivity index is 1.81. The Morgan fingerprint density at radius 1 is 1.18 bits per heavy atom. The second-order valence-electron chi connectivity index (χ2n) is 5.51. The van der Waals surface area contributed by atoms with Crippen LogP contribution in [0.2, 0.25) is 0 Å². The third-order valence-electron chi connectivity index (χ3n) is 4.63. The van der Waals surface area contributed by atoms with Gasteiger partial charge in [-0.2, -0.15) is 0 Å². The molecule has 2 heteroatoms. The highest BCUT2D eigenvalue weighted by Gasteiger charge is 2.44. The van der Waals surface area contributed by atoms with E-state index in [0.29, 0.717) is 12.1 Å². The van der Waals surface area contributed by atoms with Gasteiger partial charge in [-0.15, -0.1) is 0 Å². The van der Waals surface area contributed by atoms with E-state index in [1.165, 1.54) is 18.4 Å². The van der Waals surface area contributed by atoms with Crippen molar-refractivity contribution in [2.75, 3.05) is 6.54 Å². The Kier molecular flexibility index (Phi) is 2.93. The van der Waals surface area contributed by atoms with E-state index in [0.717, 1.165) is 18.9 Å². The van der Waals surface area contributed by atoms with E-state index < -0.39 is 0 Å². The van der Waals surface area contributed by atoms with Crippen molar-refractivity contribution in [2.24, 2.45) is 5.92 Å². The van der Waals surface area contributed by atoms with E-state index >= 15 is 0 Å². The fraction of sp³-hybridized carbons (Fsp3) is 0.600. The van der Waals surface area contributed by atoms with Gasteiger partial charge in [0.1, 0.15) is 0 Å². The summed E-state index contributed by atoms with van der Waals surface area (Å²) >= 11 is 0. The fourth-order valence-electron chi connectivity index (χ4n) is 3.69. The minimum atomic E-state index is -0.103. The summed E-state index contributed by atoms with van der Waals surface area (Å²) in [5.41, 5.74) is 1.37. The lowest BCUT2D eigenvalue weighted by molar-refractivity contribution is 0.0636. The molecule has 0 radical (unpaired) electrons. The van der Waals surface area contributed by atoms with Crippen LogP contribution in [0.1, 0.15) is 37.8 Å². The molecule has 4 atom stereocenters. The first-order chi connectivity index (χ1) is 8.27. The van der Waals surface area contributed by atoms with Gasteiger partial charge in [0.05, 0.1) is 6.10 Å². The smallest absolute Gasteiger partial charge is 0.0698 e.